The summed E-state index contributed by atoms with van der Waals surface area (Å²) in [6.07, 6.45) is 10.2. The average Bonchev–Trinajstić information content (AvgIpc) is 2.62. The first kappa shape index (κ1) is 24.2. The van der Waals surface area contributed by atoms with Gasteiger partial charge in [-0.2, -0.15) is 0 Å². The maximum atomic E-state index is 10.9. The number of aryl methyl sites for hydroxylation is 1. The van der Waals surface area contributed by atoms with Crippen LogP contribution in [-0.4, -0.2) is 13.0 Å². The van der Waals surface area contributed by atoms with Crippen LogP contribution in [0, 0.1) is 0 Å². The fourth-order valence-corrected chi connectivity index (χ4v) is 3.29. The summed E-state index contributed by atoms with van der Waals surface area (Å²) in [5.41, 5.74) is 1.29. The molecule has 0 radical (unpaired) electrons. The molecule has 2 rings (SSSR count). The molecule has 0 bridgehead atoms. The molecule has 0 aliphatic rings. The quantitative estimate of drug-likeness (QED) is 0.332. The molecule has 0 saturated carbocycles. The third-order valence-electron chi connectivity index (χ3n) is 4.34. The summed E-state index contributed by atoms with van der Waals surface area (Å²) in [5, 5.41) is 0. The second-order valence-corrected chi connectivity index (χ2v) is 7.92. The topological polar surface area (TPSA) is 66.4 Å². The van der Waals surface area contributed by atoms with Crippen LogP contribution in [0.4, 0.5) is 0 Å². The second-order valence-electron chi connectivity index (χ2n) is 6.54. The van der Waals surface area contributed by atoms with E-state index in [4.69, 9.17) is 4.74 Å². The molecular formula is C21H27NaO4S. The molecule has 2 aromatic rings. The molecule has 0 aromatic heterocycles. The molecule has 2 aromatic carbocycles. The SMILES string of the molecule is CCCCCCCCCc1ccc(Oc2ccc(S(=O)(=O)[O-])cc2)cc1.[Na+]. The summed E-state index contributed by atoms with van der Waals surface area (Å²) in [7, 11) is -4.42. The zero-order valence-corrected chi connectivity index (χ0v) is 19.1. The molecule has 0 unspecified atom stereocenters. The first-order valence-corrected chi connectivity index (χ1v) is 10.7. The van der Waals surface area contributed by atoms with E-state index in [-0.39, 0.29) is 34.5 Å². The Labute approximate surface area is 185 Å². The molecule has 0 amide bonds. The Balaban J connectivity index is 0.00000364. The van der Waals surface area contributed by atoms with Crippen molar-refractivity contribution in [2.45, 2.75) is 63.2 Å². The Bertz CT molecular complexity index is 756. The van der Waals surface area contributed by atoms with Crippen molar-refractivity contribution in [3.63, 3.8) is 0 Å². The summed E-state index contributed by atoms with van der Waals surface area (Å²) in [5.74, 6) is 1.18. The van der Waals surface area contributed by atoms with E-state index in [0.29, 0.717) is 11.5 Å². The van der Waals surface area contributed by atoms with Crippen LogP contribution in [0.25, 0.3) is 0 Å². The van der Waals surface area contributed by atoms with Crippen molar-refractivity contribution in [2.24, 2.45) is 0 Å². The van der Waals surface area contributed by atoms with Gasteiger partial charge in [-0.25, -0.2) is 8.42 Å². The molecule has 0 heterocycles. The normalized spacial score (nSPS) is 11.0. The number of hydrogen-bond acceptors (Lipinski definition) is 4. The molecule has 0 saturated heterocycles. The largest absolute Gasteiger partial charge is 1.00 e. The van der Waals surface area contributed by atoms with Crippen molar-refractivity contribution in [2.75, 3.05) is 0 Å². The summed E-state index contributed by atoms with van der Waals surface area (Å²) < 4.78 is 38.4. The van der Waals surface area contributed by atoms with Crippen molar-refractivity contribution in [3.8, 4) is 11.5 Å². The van der Waals surface area contributed by atoms with Gasteiger partial charge in [-0.15, -0.1) is 0 Å². The average molecular weight is 399 g/mol. The first-order chi connectivity index (χ1) is 12.5. The molecule has 142 valence electrons. The van der Waals surface area contributed by atoms with E-state index < -0.39 is 10.1 Å². The number of benzene rings is 2. The molecule has 0 atom stereocenters. The van der Waals surface area contributed by atoms with Crippen LogP contribution in [0.5, 0.6) is 11.5 Å². The smallest absolute Gasteiger partial charge is 0.744 e. The van der Waals surface area contributed by atoms with E-state index in [9.17, 15) is 13.0 Å². The zero-order valence-electron chi connectivity index (χ0n) is 16.3. The van der Waals surface area contributed by atoms with Crippen LogP contribution < -0.4 is 34.3 Å². The number of unbranched alkanes of at least 4 members (excludes halogenated alkanes) is 6. The number of rotatable bonds is 11. The molecule has 27 heavy (non-hydrogen) atoms. The maximum Gasteiger partial charge on any atom is 1.00 e. The summed E-state index contributed by atoms with van der Waals surface area (Å²) in [4.78, 5) is -0.255. The van der Waals surface area contributed by atoms with Crippen LogP contribution in [0.2, 0.25) is 0 Å². The van der Waals surface area contributed by atoms with Gasteiger partial charge in [0.15, 0.2) is 0 Å². The molecule has 0 spiro atoms. The predicted molar refractivity (Wildman–Crippen MR) is 103 cm³/mol. The predicted octanol–water partition coefficient (Wildman–Crippen LogP) is 2.68. The Hall–Kier alpha value is -0.850. The minimum Gasteiger partial charge on any atom is -0.744 e. The zero-order chi connectivity index (χ0) is 18.8. The van der Waals surface area contributed by atoms with Crippen LogP contribution in [0.3, 0.4) is 0 Å². The standard InChI is InChI=1S/C21H28O4S.Na/c1-2-3-4-5-6-7-8-9-18-10-12-19(13-11-18)25-20-14-16-21(17-15-20)26(22,23)24;/h10-17H,2-9H2,1H3,(H,22,23,24);/q;+1/p-1. The van der Waals surface area contributed by atoms with Crippen LogP contribution in [0.1, 0.15) is 57.4 Å². The Morgan fingerprint density at radius 3 is 1.78 bits per heavy atom. The van der Waals surface area contributed by atoms with Gasteiger partial charge in [-0.05, 0) is 54.8 Å². The summed E-state index contributed by atoms with van der Waals surface area (Å²) in [6, 6.07) is 13.4. The third-order valence-corrected chi connectivity index (χ3v) is 5.19. The Morgan fingerprint density at radius 2 is 1.26 bits per heavy atom. The molecule has 0 N–H and O–H groups in total. The maximum absolute atomic E-state index is 10.9. The van der Waals surface area contributed by atoms with E-state index >= 15 is 0 Å². The van der Waals surface area contributed by atoms with Crippen molar-refractivity contribution in [1.29, 1.82) is 0 Å². The van der Waals surface area contributed by atoms with Crippen LogP contribution >= 0.6 is 0 Å². The Morgan fingerprint density at radius 1 is 0.778 bits per heavy atom. The van der Waals surface area contributed by atoms with Crippen molar-refractivity contribution >= 4 is 10.1 Å². The van der Waals surface area contributed by atoms with E-state index in [2.05, 4.69) is 19.1 Å². The molecule has 6 heteroatoms. The van der Waals surface area contributed by atoms with Crippen molar-refractivity contribution < 1.29 is 47.3 Å². The fraction of sp³-hybridized carbons (Fsp3) is 0.429. The number of hydrogen-bond donors (Lipinski definition) is 0. The van der Waals surface area contributed by atoms with E-state index in [1.165, 1.54) is 74.8 Å². The molecule has 0 fully saturated rings. The second kappa shape index (κ2) is 12.6. The van der Waals surface area contributed by atoms with Gasteiger partial charge in [-0.3, -0.25) is 0 Å². The van der Waals surface area contributed by atoms with Gasteiger partial charge in [0, 0.05) is 0 Å². The number of ether oxygens (including phenoxy) is 1. The monoisotopic (exact) mass is 398 g/mol. The molecule has 0 aliphatic carbocycles. The van der Waals surface area contributed by atoms with Gasteiger partial charge >= 0.3 is 29.6 Å². The van der Waals surface area contributed by atoms with Crippen LogP contribution in [-0.2, 0) is 16.5 Å². The van der Waals surface area contributed by atoms with Gasteiger partial charge in [0.1, 0.15) is 21.6 Å². The van der Waals surface area contributed by atoms with E-state index in [1.807, 2.05) is 12.1 Å². The molecule has 4 nitrogen and oxygen atoms in total. The fourth-order valence-electron chi connectivity index (χ4n) is 2.82. The van der Waals surface area contributed by atoms with E-state index in [1.54, 1.807) is 0 Å². The van der Waals surface area contributed by atoms with Crippen LogP contribution in [0.15, 0.2) is 53.4 Å². The first-order valence-electron chi connectivity index (χ1n) is 9.32. The van der Waals surface area contributed by atoms with Gasteiger partial charge in [0.05, 0.1) is 4.90 Å². The van der Waals surface area contributed by atoms with Gasteiger partial charge in [0.2, 0.25) is 0 Å². The van der Waals surface area contributed by atoms with E-state index in [0.717, 1.165) is 6.42 Å². The Kier molecular flexibility index (Phi) is 11.3. The molecule has 0 aliphatic heterocycles. The van der Waals surface area contributed by atoms with Gasteiger partial charge in [-0.1, -0.05) is 57.6 Å². The summed E-state index contributed by atoms with van der Waals surface area (Å²) in [6.45, 7) is 2.24. The van der Waals surface area contributed by atoms with Gasteiger partial charge < -0.3 is 9.29 Å². The summed E-state index contributed by atoms with van der Waals surface area (Å²) >= 11 is 0. The molecular weight excluding hydrogens is 371 g/mol. The minimum absolute atomic E-state index is 0. The van der Waals surface area contributed by atoms with Crippen molar-refractivity contribution in [1.82, 2.24) is 0 Å². The minimum atomic E-state index is -4.42. The third kappa shape index (κ3) is 9.26. The van der Waals surface area contributed by atoms with Crippen molar-refractivity contribution in [3.05, 3.63) is 54.1 Å². The van der Waals surface area contributed by atoms with Gasteiger partial charge in [0.25, 0.3) is 0 Å².